The van der Waals surface area contributed by atoms with E-state index in [0.717, 1.165) is 22.3 Å². The van der Waals surface area contributed by atoms with Gasteiger partial charge in [-0.05, 0) is 27.9 Å². The minimum Gasteiger partial charge on any atom is -0.252 e. The standard InChI is InChI=1S/C12H11BrN2/c1-2-9-3-5-10(6-4-9)11-7-15-12(13)8-14-11/h3-8H,2H2,1H3. The maximum atomic E-state index is 4.29. The first-order valence-electron chi connectivity index (χ1n) is 4.86. The second-order valence-electron chi connectivity index (χ2n) is 3.27. The highest BCUT2D eigenvalue weighted by Gasteiger charge is 1.99. The van der Waals surface area contributed by atoms with Gasteiger partial charge in [0.15, 0.2) is 0 Å². The molecule has 2 rings (SSSR count). The highest BCUT2D eigenvalue weighted by Crippen LogP contribution is 2.17. The van der Waals surface area contributed by atoms with Crippen molar-refractivity contribution in [2.24, 2.45) is 0 Å². The van der Waals surface area contributed by atoms with Gasteiger partial charge in [0.1, 0.15) is 4.60 Å². The van der Waals surface area contributed by atoms with Gasteiger partial charge in [-0.15, -0.1) is 0 Å². The molecule has 0 aliphatic heterocycles. The summed E-state index contributed by atoms with van der Waals surface area (Å²) in [5.41, 5.74) is 3.34. The van der Waals surface area contributed by atoms with Crippen molar-refractivity contribution in [2.45, 2.75) is 13.3 Å². The minimum absolute atomic E-state index is 0.761. The Morgan fingerprint density at radius 1 is 1.07 bits per heavy atom. The molecule has 0 N–H and O–H groups in total. The van der Waals surface area contributed by atoms with Crippen LogP contribution in [0.3, 0.4) is 0 Å². The monoisotopic (exact) mass is 262 g/mol. The summed E-state index contributed by atoms with van der Waals surface area (Å²) in [5.74, 6) is 0. The molecular weight excluding hydrogens is 252 g/mol. The summed E-state index contributed by atoms with van der Waals surface area (Å²) in [4.78, 5) is 8.45. The molecule has 0 aliphatic rings. The number of aromatic nitrogens is 2. The Bertz CT molecular complexity index is 434. The predicted octanol–water partition coefficient (Wildman–Crippen LogP) is 3.47. The average Bonchev–Trinajstić information content (AvgIpc) is 2.30. The molecule has 1 aromatic carbocycles. The molecule has 0 bridgehead atoms. The SMILES string of the molecule is CCc1ccc(-c2cnc(Br)cn2)cc1. The number of rotatable bonds is 2. The molecule has 0 radical (unpaired) electrons. The van der Waals surface area contributed by atoms with Gasteiger partial charge in [-0.3, -0.25) is 4.98 Å². The highest BCUT2D eigenvalue weighted by atomic mass is 79.9. The van der Waals surface area contributed by atoms with Gasteiger partial charge in [0.05, 0.1) is 18.1 Å². The van der Waals surface area contributed by atoms with Gasteiger partial charge in [-0.25, -0.2) is 4.98 Å². The van der Waals surface area contributed by atoms with Gasteiger partial charge >= 0.3 is 0 Å². The lowest BCUT2D eigenvalue weighted by Crippen LogP contribution is -1.86. The van der Waals surface area contributed by atoms with E-state index in [1.165, 1.54) is 5.56 Å². The van der Waals surface area contributed by atoms with E-state index in [1.807, 2.05) is 0 Å². The van der Waals surface area contributed by atoms with Gasteiger partial charge in [0, 0.05) is 5.56 Å². The molecule has 0 unspecified atom stereocenters. The van der Waals surface area contributed by atoms with Crippen LogP contribution in [0.15, 0.2) is 41.3 Å². The second kappa shape index (κ2) is 4.53. The number of hydrogen-bond acceptors (Lipinski definition) is 2. The van der Waals surface area contributed by atoms with Crippen LogP contribution in [0, 0.1) is 0 Å². The van der Waals surface area contributed by atoms with Crippen molar-refractivity contribution in [2.75, 3.05) is 0 Å². The first-order chi connectivity index (χ1) is 7.29. The topological polar surface area (TPSA) is 25.8 Å². The highest BCUT2D eigenvalue weighted by molar-refractivity contribution is 9.10. The zero-order chi connectivity index (χ0) is 10.7. The van der Waals surface area contributed by atoms with E-state index in [2.05, 4.69) is 57.1 Å². The lowest BCUT2D eigenvalue weighted by atomic mass is 10.1. The third-order valence-corrected chi connectivity index (χ3v) is 2.69. The Labute approximate surface area is 97.5 Å². The largest absolute Gasteiger partial charge is 0.252 e. The summed E-state index contributed by atoms with van der Waals surface area (Å²) in [7, 11) is 0. The van der Waals surface area contributed by atoms with E-state index in [1.54, 1.807) is 12.4 Å². The van der Waals surface area contributed by atoms with Crippen LogP contribution in [0.5, 0.6) is 0 Å². The van der Waals surface area contributed by atoms with E-state index in [4.69, 9.17) is 0 Å². The molecule has 0 atom stereocenters. The normalized spacial score (nSPS) is 10.3. The van der Waals surface area contributed by atoms with Crippen molar-refractivity contribution in [3.8, 4) is 11.3 Å². The van der Waals surface area contributed by atoms with Crippen LogP contribution >= 0.6 is 15.9 Å². The number of benzene rings is 1. The lowest BCUT2D eigenvalue weighted by molar-refractivity contribution is 1.13. The fourth-order valence-electron chi connectivity index (χ4n) is 1.37. The summed E-state index contributed by atoms with van der Waals surface area (Å²) in [6.45, 7) is 2.15. The van der Waals surface area contributed by atoms with Gasteiger partial charge in [-0.1, -0.05) is 31.2 Å². The fourth-order valence-corrected chi connectivity index (χ4v) is 1.58. The van der Waals surface area contributed by atoms with E-state index >= 15 is 0 Å². The van der Waals surface area contributed by atoms with Gasteiger partial charge in [0.2, 0.25) is 0 Å². The maximum Gasteiger partial charge on any atom is 0.124 e. The molecule has 2 aromatic rings. The summed E-state index contributed by atoms with van der Waals surface area (Å²) in [6.07, 6.45) is 4.54. The molecule has 2 nitrogen and oxygen atoms in total. The third kappa shape index (κ3) is 2.42. The number of aryl methyl sites for hydroxylation is 1. The number of hydrogen-bond donors (Lipinski definition) is 0. The van der Waals surface area contributed by atoms with Crippen LogP contribution in [-0.4, -0.2) is 9.97 Å². The Balaban J connectivity index is 2.33. The second-order valence-corrected chi connectivity index (χ2v) is 4.09. The fraction of sp³-hybridized carbons (Fsp3) is 0.167. The quantitative estimate of drug-likeness (QED) is 0.829. The predicted molar refractivity (Wildman–Crippen MR) is 64.5 cm³/mol. The molecule has 0 saturated carbocycles. The number of nitrogens with zero attached hydrogens (tertiary/aromatic N) is 2. The van der Waals surface area contributed by atoms with Crippen molar-refractivity contribution in [3.05, 3.63) is 46.8 Å². The number of halogens is 1. The molecule has 15 heavy (non-hydrogen) atoms. The molecule has 0 saturated heterocycles. The van der Waals surface area contributed by atoms with Crippen LogP contribution in [0.25, 0.3) is 11.3 Å². The minimum atomic E-state index is 0.761. The molecule has 76 valence electrons. The average molecular weight is 263 g/mol. The van der Waals surface area contributed by atoms with E-state index in [0.29, 0.717) is 0 Å². The Morgan fingerprint density at radius 3 is 2.33 bits per heavy atom. The lowest BCUT2D eigenvalue weighted by Gasteiger charge is -2.01. The van der Waals surface area contributed by atoms with Crippen molar-refractivity contribution in [1.29, 1.82) is 0 Å². The van der Waals surface area contributed by atoms with Crippen LogP contribution < -0.4 is 0 Å². The first-order valence-corrected chi connectivity index (χ1v) is 5.65. The van der Waals surface area contributed by atoms with Gasteiger partial charge in [0.25, 0.3) is 0 Å². The van der Waals surface area contributed by atoms with E-state index in [9.17, 15) is 0 Å². The smallest absolute Gasteiger partial charge is 0.124 e. The molecule has 0 spiro atoms. The maximum absolute atomic E-state index is 4.29. The first kappa shape index (κ1) is 10.3. The van der Waals surface area contributed by atoms with Crippen LogP contribution in [-0.2, 0) is 6.42 Å². The van der Waals surface area contributed by atoms with Crippen molar-refractivity contribution >= 4 is 15.9 Å². The third-order valence-electron chi connectivity index (χ3n) is 2.28. The summed E-state index contributed by atoms with van der Waals surface area (Å²) < 4.78 is 0.761. The van der Waals surface area contributed by atoms with Gasteiger partial charge < -0.3 is 0 Å². The van der Waals surface area contributed by atoms with E-state index in [-0.39, 0.29) is 0 Å². The van der Waals surface area contributed by atoms with E-state index < -0.39 is 0 Å². The zero-order valence-electron chi connectivity index (χ0n) is 8.44. The molecule has 0 aliphatic carbocycles. The molecule has 3 heteroatoms. The van der Waals surface area contributed by atoms with Crippen LogP contribution in [0.1, 0.15) is 12.5 Å². The molecule has 1 aromatic heterocycles. The van der Waals surface area contributed by atoms with Crippen LogP contribution in [0.2, 0.25) is 0 Å². The summed E-state index contributed by atoms with van der Waals surface area (Å²) in [6, 6.07) is 8.41. The Morgan fingerprint density at radius 2 is 1.80 bits per heavy atom. The van der Waals surface area contributed by atoms with Crippen molar-refractivity contribution in [1.82, 2.24) is 9.97 Å². The summed E-state index contributed by atoms with van der Waals surface area (Å²) >= 11 is 3.27. The summed E-state index contributed by atoms with van der Waals surface area (Å²) in [5, 5.41) is 0. The zero-order valence-corrected chi connectivity index (χ0v) is 10.0. The van der Waals surface area contributed by atoms with Crippen molar-refractivity contribution in [3.63, 3.8) is 0 Å². The Kier molecular flexibility index (Phi) is 3.11. The molecular formula is C12H11BrN2. The Hall–Kier alpha value is -1.22. The van der Waals surface area contributed by atoms with Gasteiger partial charge in [-0.2, -0.15) is 0 Å². The molecule has 0 amide bonds. The van der Waals surface area contributed by atoms with Crippen LogP contribution in [0.4, 0.5) is 0 Å². The molecule has 1 heterocycles. The van der Waals surface area contributed by atoms with Crippen molar-refractivity contribution < 1.29 is 0 Å². The molecule has 0 fully saturated rings.